The third kappa shape index (κ3) is 3.45. The summed E-state index contributed by atoms with van der Waals surface area (Å²) in [6.07, 6.45) is 3.56. The van der Waals surface area contributed by atoms with E-state index in [-0.39, 0.29) is 0 Å². The van der Waals surface area contributed by atoms with Crippen LogP contribution < -0.4 is 10.1 Å². The van der Waals surface area contributed by atoms with Gasteiger partial charge in [-0.1, -0.05) is 43.8 Å². The lowest BCUT2D eigenvalue weighted by Crippen LogP contribution is -2.16. The van der Waals surface area contributed by atoms with Gasteiger partial charge >= 0.3 is 0 Å². The highest BCUT2D eigenvalue weighted by atomic mass is 16.5. The Balaban J connectivity index is 1.88. The molecule has 2 heteroatoms. The van der Waals surface area contributed by atoms with Crippen molar-refractivity contribution >= 4 is 10.8 Å². The molecule has 21 heavy (non-hydrogen) atoms. The zero-order chi connectivity index (χ0) is 14.7. The van der Waals surface area contributed by atoms with Crippen molar-refractivity contribution in [3.63, 3.8) is 0 Å². The quantitative estimate of drug-likeness (QED) is 0.758. The molecule has 110 valence electrons. The maximum absolute atomic E-state index is 6.01. The van der Waals surface area contributed by atoms with Crippen LogP contribution in [0.2, 0.25) is 0 Å². The molecule has 1 aliphatic rings. The van der Waals surface area contributed by atoms with E-state index in [4.69, 9.17) is 4.74 Å². The van der Waals surface area contributed by atoms with E-state index >= 15 is 0 Å². The second kappa shape index (κ2) is 6.31. The van der Waals surface area contributed by atoms with E-state index in [1.165, 1.54) is 29.2 Å². The second-order valence-electron chi connectivity index (χ2n) is 5.81. The fraction of sp³-hybridized carbons (Fsp3) is 0.368. The zero-order valence-corrected chi connectivity index (χ0v) is 12.7. The molecule has 2 nitrogen and oxygen atoms in total. The molecule has 1 aliphatic carbocycles. The molecule has 1 fully saturated rings. The van der Waals surface area contributed by atoms with Crippen LogP contribution in [0.3, 0.4) is 0 Å². The molecule has 0 radical (unpaired) electrons. The molecular weight excluding hydrogens is 258 g/mol. The summed E-state index contributed by atoms with van der Waals surface area (Å²) in [4.78, 5) is 0. The number of hydrogen-bond donors (Lipinski definition) is 1. The summed E-state index contributed by atoms with van der Waals surface area (Å²) in [7, 11) is 0. The van der Waals surface area contributed by atoms with Crippen LogP contribution in [-0.2, 0) is 6.54 Å². The molecule has 3 rings (SSSR count). The van der Waals surface area contributed by atoms with Crippen molar-refractivity contribution in [2.45, 2.75) is 38.8 Å². The number of fused-ring (bicyclic) bond motifs is 1. The van der Waals surface area contributed by atoms with Crippen molar-refractivity contribution in [3.8, 4) is 5.75 Å². The van der Waals surface area contributed by atoms with Crippen molar-refractivity contribution in [2.75, 3.05) is 6.61 Å². The molecule has 0 saturated heterocycles. The van der Waals surface area contributed by atoms with E-state index in [1.54, 1.807) is 0 Å². The average Bonchev–Trinajstić information content (AvgIpc) is 3.35. The third-order valence-electron chi connectivity index (χ3n) is 4.07. The number of nitrogens with one attached hydrogen (secondary N) is 1. The van der Waals surface area contributed by atoms with Gasteiger partial charge in [-0.15, -0.1) is 0 Å². The summed E-state index contributed by atoms with van der Waals surface area (Å²) in [5.41, 5.74) is 2.40. The molecule has 0 amide bonds. The van der Waals surface area contributed by atoms with Gasteiger partial charge in [-0.2, -0.15) is 0 Å². The number of hydrogen-bond acceptors (Lipinski definition) is 2. The predicted octanol–water partition coefficient (Wildman–Crippen LogP) is 4.44. The lowest BCUT2D eigenvalue weighted by molar-refractivity contribution is 0.345. The van der Waals surface area contributed by atoms with Gasteiger partial charge in [-0.25, -0.2) is 0 Å². The van der Waals surface area contributed by atoms with E-state index < -0.39 is 0 Å². The van der Waals surface area contributed by atoms with Crippen LogP contribution >= 0.6 is 0 Å². The van der Waals surface area contributed by atoms with Crippen LogP contribution in [0.15, 0.2) is 48.6 Å². The van der Waals surface area contributed by atoms with Crippen LogP contribution in [0, 0.1) is 0 Å². The number of rotatable bonds is 7. The summed E-state index contributed by atoms with van der Waals surface area (Å²) in [6, 6.07) is 13.4. The van der Waals surface area contributed by atoms with E-state index in [1.807, 2.05) is 0 Å². The minimum atomic E-state index is 0.602. The monoisotopic (exact) mass is 281 g/mol. The first kappa shape index (κ1) is 14.2. The van der Waals surface area contributed by atoms with E-state index in [9.17, 15) is 0 Å². The van der Waals surface area contributed by atoms with Crippen LogP contribution in [0.25, 0.3) is 10.8 Å². The minimum Gasteiger partial charge on any atom is -0.489 e. The van der Waals surface area contributed by atoms with Crippen molar-refractivity contribution in [3.05, 3.63) is 54.1 Å². The van der Waals surface area contributed by atoms with E-state index in [2.05, 4.69) is 55.2 Å². The Morgan fingerprint density at radius 1 is 1.24 bits per heavy atom. The molecule has 0 aromatic heterocycles. The molecule has 0 aliphatic heterocycles. The van der Waals surface area contributed by atoms with Crippen LogP contribution in [0.4, 0.5) is 0 Å². The fourth-order valence-electron chi connectivity index (χ4n) is 2.45. The highest BCUT2D eigenvalue weighted by molar-refractivity contribution is 5.87. The topological polar surface area (TPSA) is 21.3 Å². The Labute approximate surface area is 126 Å². The third-order valence-corrected chi connectivity index (χ3v) is 4.07. The Hall–Kier alpha value is -1.80. The SMILES string of the molecule is C=C(CC)COc1ccc2ccccc2c1CNC1CC1. The fourth-order valence-corrected chi connectivity index (χ4v) is 2.45. The number of benzene rings is 2. The van der Waals surface area contributed by atoms with Crippen LogP contribution in [0.5, 0.6) is 5.75 Å². The molecule has 0 heterocycles. The Kier molecular flexibility index (Phi) is 4.26. The maximum Gasteiger partial charge on any atom is 0.124 e. The lowest BCUT2D eigenvalue weighted by Gasteiger charge is -2.15. The summed E-state index contributed by atoms with van der Waals surface area (Å²) in [6.45, 7) is 7.61. The lowest BCUT2D eigenvalue weighted by atomic mass is 10.0. The predicted molar refractivity (Wildman–Crippen MR) is 88.7 cm³/mol. The number of ether oxygens (including phenoxy) is 1. The Morgan fingerprint density at radius 3 is 2.81 bits per heavy atom. The Morgan fingerprint density at radius 2 is 2.05 bits per heavy atom. The van der Waals surface area contributed by atoms with Crippen molar-refractivity contribution < 1.29 is 4.74 Å². The van der Waals surface area contributed by atoms with Gasteiger partial charge in [-0.3, -0.25) is 0 Å². The van der Waals surface area contributed by atoms with Gasteiger partial charge < -0.3 is 10.1 Å². The second-order valence-corrected chi connectivity index (χ2v) is 5.81. The molecule has 2 aromatic carbocycles. The molecule has 2 aromatic rings. The van der Waals surface area contributed by atoms with Crippen molar-refractivity contribution in [1.82, 2.24) is 5.32 Å². The van der Waals surface area contributed by atoms with E-state index in [0.29, 0.717) is 12.6 Å². The van der Waals surface area contributed by atoms with Gasteiger partial charge in [0.15, 0.2) is 0 Å². The van der Waals surface area contributed by atoms with Gasteiger partial charge in [0.2, 0.25) is 0 Å². The largest absolute Gasteiger partial charge is 0.489 e. The minimum absolute atomic E-state index is 0.602. The van der Waals surface area contributed by atoms with Crippen molar-refractivity contribution in [2.24, 2.45) is 0 Å². The van der Waals surface area contributed by atoms with Crippen LogP contribution in [-0.4, -0.2) is 12.6 Å². The van der Waals surface area contributed by atoms with Crippen LogP contribution in [0.1, 0.15) is 31.7 Å². The first-order valence-corrected chi connectivity index (χ1v) is 7.81. The highest BCUT2D eigenvalue weighted by Gasteiger charge is 2.21. The smallest absolute Gasteiger partial charge is 0.124 e. The van der Waals surface area contributed by atoms with Gasteiger partial charge in [0.05, 0.1) is 0 Å². The van der Waals surface area contributed by atoms with Gasteiger partial charge in [0.25, 0.3) is 0 Å². The average molecular weight is 281 g/mol. The first-order chi connectivity index (χ1) is 10.3. The van der Waals surface area contributed by atoms with E-state index in [0.717, 1.165) is 24.3 Å². The molecule has 1 saturated carbocycles. The summed E-state index contributed by atoms with van der Waals surface area (Å²) >= 11 is 0. The zero-order valence-electron chi connectivity index (χ0n) is 12.7. The summed E-state index contributed by atoms with van der Waals surface area (Å²) < 4.78 is 6.01. The normalized spacial score (nSPS) is 14.3. The highest BCUT2D eigenvalue weighted by Crippen LogP contribution is 2.30. The molecule has 0 spiro atoms. The molecule has 0 bridgehead atoms. The Bertz CT molecular complexity index is 643. The van der Waals surface area contributed by atoms with Gasteiger partial charge in [0.1, 0.15) is 12.4 Å². The summed E-state index contributed by atoms with van der Waals surface area (Å²) in [5.74, 6) is 0.983. The standard InChI is InChI=1S/C19H23NO/c1-3-14(2)13-21-19-11-8-15-6-4-5-7-17(15)18(19)12-20-16-9-10-16/h4-8,11,16,20H,2-3,9-10,12-13H2,1H3. The molecule has 1 N–H and O–H groups in total. The van der Waals surface area contributed by atoms with Gasteiger partial charge in [0, 0.05) is 18.2 Å². The van der Waals surface area contributed by atoms with Crippen molar-refractivity contribution in [1.29, 1.82) is 0 Å². The summed E-state index contributed by atoms with van der Waals surface area (Å²) in [5, 5.41) is 6.16. The molecule has 0 atom stereocenters. The molecular formula is C19H23NO. The molecule has 0 unspecified atom stereocenters. The first-order valence-electron chi connectivity index (χ1n) is 7.81. The van der Waals surface area contributed by atoms with Gasteiger partial charge in [-0.05, 0) is 41.7 Å². The maximum atomic E-state index is 6.01.